The van der Waals surface area contributed by atoms with Gasteiger partial charge in [-0.2, -0.15) is 5.10 Å². The highest BCUT2D eigenvalue weighted by molar-refractivity contribution is 5.91. The van der Waals surface area contributed by atoms with Crippen molar-refractivity contribution in [3.8, 4) is 0 Å². The van der Waals surface area contributed by atoms with Gasteiger partial charge in [0.1, 0.15) is 5.69 Å². The summed E-state index contributed by atoms with van der Waals surface area (Å²) in [5.41, 5.74) is 6.39. The Labute approximate surface area is 120 Å². The number of hydrogen-bond acceptors (Lipinski definition) is 4. The molecule has 1 atom stereocenters. The Kier molecular flexibility index (Phi) is 4.45. The van der Waals surface area contributed by atoms with Crippen LogP contribution in [0, 0.1) is 0 Å². The summed E-state index contributed by atoms with van der Waals surface area (Å²) in [5.74, 6) is -0.139. The molecule has 1 aromatic rings. The zero-order valence-electron chi connectivity index (χ0n) is 12.6. The summed E-state index contributed by atoms with van der Waals surface area (Å²) in [6.45, 7) is 7.01. The Hall–Kier alpha value is -1.40. The summed E-state index contributed by atoms with van der Waals surface area (Å²) in [7, 11) is 1.62. The lowest BCUT2D eigenvalue weighted by Crippen LogP contribution is -2.48. The third-order valence-electron chi connectivity index (χ3n) is 3.55. The van der Waals surface area contributed by atoms with Gasteiger partial charge < -0.3 is 11.1 Å². The number of aromatic nitrogens is 2. The van der Waals surface area contributed by atoms with Crippen LogP contribution >= 0.6 is 0 Å². The fraction of sp³-hybridized carbons (Fsp3) is 0.714. The largest absolute Gasteiger partial charge is 0.354 e. The van der Waals surface area contributed by atoms with Crippen molar-refractivity contribution >= 4 is 5.91 Å². The standard InChI is InChI=1S/C14H25N5O/c1-14(2,15)10-18-7-4-5-11(9-18)19-8-6-12(17-19)13(20)16-3/h6,8,11H,4-5,7,9-10,15H2,1-3H3,(H,16,20). The second-order valence-electron chi connectivity index (χ2n) is 6.28. The molecule has 0 spiro atoms. The second-order valence-corrected chi connectivity index (χ2v) is 6.28. The number of piperidine rings is 1. The second kappa shape index (κ2) is 5.93. The van der Waals surface area contributed by atoms with Crippen molar-refractivity contribution in [2.45, 2.75) is 38.3 Å². The van der Waals surface area contributed by atoms with Crippen molar-refractivity contribution in [3.63, 3.8) is 0 Å². The zero-order chi connectivity index (χ0) is 14.8. The number of nitrogens with two attached hydrogens (primary N) is 1. The number of carbonyl (C=O) groups excluding carboxylic acids is 1. The SMILES string of the molecule is CNC(=O)c1ccn(C2CCCN(CC(C)(C)N)C2)n1. The molecule has 6 nitrogen and oxygen atoms in total. The predicted molar refractivity (Wildman–Crippen MR) is 78.6 cm³/mol. The Morgan fingerprint density at radius 2 is 2.35 bits per heavy atom. The van der Waals surface area contributed by atoms with E-state index in [1.807, 2.05) is 24.7 Å². The van der Waals surface area contributed by atoms with E-state index in [2.05, 4.69) is 15.3 Å². The van der Waals surface area contributed by atoms with Crippen LogP contribution in [-0.4, -0.2) is 52.8 Å². The van der Waals surface area contributed by atoms with Crippen LogP contribution in [0.5, 0.6) is 0 Å². The van der Waals surface area contributed by atoms with Gasteiger partial charge in [0.15, 0.2) is 0 Å². The van der Waals surface area contributed by atoms with Gasteiger partial charge in [0, 0.05) is 31.9 Å². The van der Waals surface area contributed by atoms with Crippen molar-refractivity contribution in [2.75, 3.05) is 26.7 Å². The molecule has 112 valence electrons. The number of hydrogen-bond donors (Lipinski definition) is 2. The van der Waals surface area contributed by atoms with Gasteiger partial charge in [0.05, 0.1) is 6.04 Å². The summed E-state index contributed by atoms with van der Waals surface area (Å²) < 4.78 is 1.92. The van der Waals surface area contributed by atoms with E-state index in [0.717, 1.165) is 32.5 Å². The van der Waals surface area contributed by atoms with E-state index in [-0.39, 0.29) is 11.4 Å². The zero-order valence-corrected chi connectivity index (χ0v) is 12.6. The smallest absolute Gasteiger partial charge is 0.271 e. The van der Waals surface area contributed by atoms with Crippen LogP contribution in [0.4, 0.5) is 0 Å². The van der Waals surface area contributed by atoms with E-state index in [1.54, 1.807) is 13.1 Å². The maximum Gasteiger partial charge on any atom is 0.271 e. The molecular weight excluding hydrogens is 254 g/mol. The molecule has 1 unspecified atom stereocenters. The molecule has 0 aliphatic carbocycles. The van der Waals surface area contributed by atoms with E-state index in [0.29, 0.717) is 11.7 Å². The lowest BCUT2D eigenvalue weighted by atomic mass is 10.0. The maximum absolute atomic E-state index is 11.5. The van der Waals surface area contributed by atoms with Crippen molar-refractivity contribution in [3.05, 3.63) is 18.0 Å². The molecule has 3 N–H and O–H groups in total. The summed E-state index contributed by atoms with van der Waals surface area (Å²) in [4.78, 5) is 13.9. The lowest BCUT2D eigenvalue weighted by Gasteiger charge is -2.36. The van der Waals surface area contributed by atoms with Gasteiger partial charge in [0.2, 0.25) is 0 Å². The number of likely N-dealkylation sites (tertiary alicyclic amines) is 1. The molecule has 6 heteroatoms. The molecule has 1 fully saturated rings. The first kappa shape index (κ1) is 15.0. The van der Waals surface area contributed by atoms with Crippen LogP contribution in [0.15, 0.2) is 12.3 Å². The first-order valence-corrected chi connectivity index (χ1v) is 7.17. The van der Waals surface area contributed by atoms with Crippen LogP contribution in [0.2, 0.25) is 0 Å². The first-order valence-electron chi connectivity index (χ1n) is 7.17. The molecule has 0 aromatic carbocycles. The maximum atomic E-state index is 11.5. The third-order valence-corrected chi connectivity index (χ3v) is 3.55. The number of nitrogens with one attached hydrogen (secondary N) is 1. The van der Waals surface area contributed by atoms with Crippen LogP contribution < -0.4 is 11.1 Å². The van der Waals surface area contributed by atoms with Gasteiger partial charge >= 0.3 is 0 Å². The van der Waals surface area contributed by atoms with Crippen molar-refractivity contribution in [2.24, 2.45) is 5.73 Å². The van der Waals surface area contributed by atoms with Gasteiger partial charge in [-0.3, -0.25) is 14.4 Å². The molecule has 0 bridgehead atoms. The third kappa shape index (κ3) is 3.80. The summed E-state index contributed by atoms with van der Waals surface area (Å²) in [5, 5.41) is 6.98. The lowest BCUT2D eigenvalue weighted by molar-refractivity contribution is 0.0955. The van der Waals surface area contributed by atoms with E-state index < -0.39 is 0 Å². The van der Waals surface area contributed by atoms with E-state index in [1.165, 1.54) is 0 Å². The molecule has 2 rings (SSSR count). The monoisotopic (exact) mass is 279 g/mol. The number of carbonyl (C=O) groups is 1. The van der Waals surface area contributed by atoms with Crippen molar-refractivity contribution in [1.29, 1.82) is 0 Å². The Morgan fingerprint density at radius 1 is 1.60 bits per heavy atom. The molecule has 1 aliphatic rings. The minimum atomic E-state index is -0.181. The fourth-order valence-electron chi connectivity index (χ4n) is 2.76. The van der Waals surface area contributed by atoms with Gasteiger partial charge in [-0.05, 0) is 39.3 Å². The molecule has 1 aromatic heterocycles. The molecule has 1 amide bonds. The van der Waals surface area contributed by atoms with Crippen molar-refractivity contribution < 1.29 is 4.79 Å². The summed E-state index contributed by atoms with van der Waals surface area (Å²) in [6, 6.07) is 2.09. The van der Waals surface area contributed by atoms with Crippen LogP contribution in [0.3, 0.4) is 0 Å². The predicted octanol–water partition coefficient (Wildman–Crippen LogP) is 0.617. The molecular formula is C14H25N5O. The highest BCUT2D eigenvalue weighted by Gasteiger charge is 2.25. The summed E-state index contributed by atoms with van der Waals surface area (Å²) >= 11 is 0. The van der Waals surface area contributed by atoms with E-state index in [9.17, 15) is 4.79 Å². The highest BCUT2D eigenvalue weighted by atomic mass is 16.1. The molecule has 20 heavy (non-hydrogen) atoms. The van der Waals surface area contributed by atoms with Gasteiger partial charge in [-0.1, -0.05) is 0 Å². The Balaban J connectivity index is 2.01. The van der Waals surface area contributed by atoms with Crippen LogP contribution in [0.1, 0.15) is 43.2 Å². The topological polar surface area (TPSA) is 76.2 Å². The van der Waals surface area contributed by atoms with Gasteiger partial charge in [0.25, 0.3) is 5.91 Å². The minimum Gasteiger partial charge on any atom is -0.354 e. The molecule has 0 saturated carbocycles. The average Bonchev–Trinajstić information content (AvgIpc) is 2.85. The van der Waals surface area contributed by atoms with E-state index in [4.69, 9.17) is 5.73 Å². The van der Waals surface area contributed by atoms with Crippen LogP contribution in [0.25, 0.3) is 0 Å². The molecule has 1 aliphatic heterocycles. The fourth-order valence-corrected chi connectivity index (χ4v) is 2.76. The van der Waals surface area contributed by atoms with Crippen molar-refractivity contribution in [1.82, 2.24) is 20.0 Å². The summed E-state index contributed by atoms with van der Waals surface area (Å²) in [6.07, 6.45) is 4.12. The molecule has 0 radical (unpaired) electrons. The normalized spacial score (nSPS) is 20.9. The Bertz CT molecular complexity index is 462. The quantitative estimate of drug-likeness (QED) is 0.847. The van der Waals surface area contributed by atoms with E-state index >= 15 is 0 Å². The molecule has 1 saturated heterocycles. The highest BCUT2D eigenvalue weighted by Crippen LogP contribution is 2.22. The minimum absolute atomic E-state index is 0.139. The van der Waals surface area contributed by atoms with Gasteiger partial charge in [-0.15, -0.1) is 0 Å². The first-order chi connectivity index (χ1) is 9.39. The number of nitrogens with zero attached hydrogens (tertiary/aromatic N) is 3. The van der Waals surface area contributed by atoms with Crippen LogP contribution in [-0.2, 0) is 0 Å². The van der Waals surface area contributed by atoms with Gasteiger partial charge in [-0.25, -0.2) is 0 Å². The average molecular weight is 279 g/mol. The molecule has 2 heterocycles. The Morgan fingerprint density at radius 3 is 3.00 bits per heavy atom. The number of amides is 1. The number of rotatable bonds is 4.